The van der Waals surface area contributed by atoms with Gasteiger partial charge in [0, 0.05) is 35.6 Å². The zero-order valence-corrected chi connectivity index (χ0v) is 20.4. The normalized spacial score (nSPS) is 21.6. The van der Waals surface area contributed by atoms with Crippen LogP contribution in [0.1, 0.15) is 24.2 Å². The molecule has 0 unspecified atom stereocenters. The van der Waals surface area contributed by atoms with Crippen LogP contribution in [0.25, 0.3) is 0 Å². The van der Waals surface area contributed by atoms with Crippen molar-refractivity contribution < 1.29 is 27.4 Å². The first kappa shape index (κ1) is 24.6. The molecule has 0 saturated carbocycles. The minimum absolute atomic E-state index is 0.00501. The van der Waals surface area contributed by atoms with Crippen LogP contribution in [0.5, 0.6) is 5.75 Å². The van der Waals surface area contributed by atoms with Crippen LogP contribution in [0.3, 0.4) is 0 Å². The molecule has 1 amide bonds. The summed E-state index contributed by atoms with van der Waals surface area (Å²) in [6.07, 6.45) is -0.527. The maximum Gasteiger partial charge on any atom is 0.253 e. The van der Waals surface area contributed by atoms with Crippen molar-refractivity contribution in [3.8, 4) is 5.75 Å². The van der Waals surface area contributed by atoms with Gasteiger partial charge in [0.1, 0.15) is 22.6 Å². The van der Waals surface area contributed by atoms with E-state index in [4.69, 9.17) is 4.74 Å². The Hall–Kier alpha value is -2.01. The number of aliphatic hydroxyl groups is 1. The zero-order chi connectivity index (χ0) is 23.6. The molecule has 0 aliphatic carbocycles. The Kier molecular flexibility index (Phi) is 7.59. The highest BCUT2D eigenvalue weighted by Gasteiger charge is 2.38. The molecule has 3 atom stereocenters. The average molecular weight is 529 g/mol. The van der Waals surface area contributed by atoms with Gasteiger partial charge in [-0.2, -0.15) is 4.31 Å². The van der Waals surface area contributed by atoms with Crippen LogP contribution < -0.4 is 4.74 Å². The lowest BCUT2D eigenvalue weighted by molar-refractivity contribution is 0.0563. The molecule has 10 heteroatoms. The van der Waals surface area contributed by atoms with Gasteiger partial charge in [-0.25, -0.2) is 12.8 Å². The summed E-state index contributed by atoms with van der Waals surface area (Å²) in [5.74, 6) is -0.851. The van der Waals surface area contributed by atoms with Crippen molar-refractivity contribution >= 4 is 31.9 Å². The fourth-order valence-corrected chi connectivity index (χ4v) is 5.75. The van der Waals surface area contributed by atoms with Gasteiger partial charge in [0.15, 0.2) is 0 Å². The molecule has 1 N–H and O–H groups in total. The zero-order valence-electron chi connectivity index (χ0n) is 18.0. The summed E-state index contributed by atoms with van der Waals surface area (Å²) in [4.78, 5) is 14.3. The van der Waals surface area contributed by atoms with Crippen LogP contribution >= 0.6 is 15.9 Å². The number of hydrogen-bond acceptors (Lipinski definition) is 5. The molecule has 1 aliphatic heterocycles. The summed E-state index contributed by atoms with van der Waals surface area (Å²) in [6, 6.07) is 9.32. The highest BCUT2D eigenvalue weighted by molar-refractivity contribution is 9.10. The van der Waals surface area contributed by atoms with Gasteiger partial charge in [0.2, 0.25) is 10.0 Å². The van der Waals surface area contributed by atoms with Gasteiger partial charge in [-0.05, 0) is 49.4 Å². The van der Waals surface area contributed by atoms with E-state index in [1.54, 1.807) is 26.1 Å². The highest BCUT2D eigenvalue weighted by atomic mass is 79.9. The molecule has 7 nitrogen and oxygen atoms in total. The number of halogens is 2. The van der Waals surface area contributed by atoms with Crippen LogP contribution in [0.2, 0.25) is 0 Å². The quantitative estimate of drug-likeness (QED) is 0.644. The number of fused-ring (bicyclic) bond motifs is 1. The molecule has 0 spiro atoms. The second-order valence-electron chi connectivity index (χ2n) is 8.02. The van der Waals surface area contributed by atoms with E-state index in [1.807, 2.05) is 6.92 Å². The van der Waals surface area contributed by atoms with Gasteiger partial charge in [0.25, 0.3) is 5.91 Å². The van der Waals surface area contributed by atoms with Crippen molar-refractivity contribution in [1.29, 1.82) is 0 Å². The Bertz CT molecular complexity index is 1080. The second-order valence-corrected chi connectivity index (χ2v) is 10.8. The second kappa shape index (κ2) is 9.86. The van der Waals surface area contributed by atoms with E-state index in [-0.39, 0.29) is 42.2 Å². The number of benzene rings is 2. The van der Waals surface area contributed by atoms with Crippen LogP contribution in [-0.2, 0) is 10.0 Å². The van der Waals surface area contributed by atoms with E-state index in [1.165, 1.54) is 39.5 Å². The van der Waals surface area contributed by atoms with Gasteiger partial charge in [-0.15, -0.1) is 0 Å². The molecule has 3 rings (SSSR count). The first-order valence-corrected chi connectivity index (χ1v) is 12.4. The number of amides is 1. The minimum atomic E-state index is -3.91. The molecule has 0 aromatic heterocycles. The lowest BCUT2D eigenvalue weighted by Crippen LogP contribution is -2.50. The molecule has 174 valence electrons. The average Bonchev–Trinajstić information content (AvgIpc) is 2.75. The summed E-state index contributed by atoms with van der Waals surface area (Å²) in [5, 5.41) is 9.66. The predicted octanol–water partition coefficient (Wildman–Crippen LogP) is 3.13. The summed E-state index contributed by atoms with van der Waals surface area (Å²) >= 11 is 3.35. The number of carbonyl (C=O) groups excluding carboxylic acids is 1. The number of aliphatic hydroxyl groups excluding tert-OH is 1. The van der Waals surface area contributed by atoms with Gasteiger partial charge in [-0.3, -0.25) is 4.79 Å². The van der Waals surface area contributed by atoms with Crippen molar-refractivity contribution in [3.63, 3.8) is 0 Å². The Labute approximate surface area is 196 Å². The van der Waals surface area contributed by atoms with Gasteiger partial charge in [-0.1, -0.05) is 22.9 Å². The molecule has 32 heavy (non-hydrogen) atoms. The Morgan fingerprint density at radius 3 is 2.59 bits per heavy atom. The molecule has 0 radical (unpaired) electrons. The largest absolute Gasteiger partial charge is 0.487 e. The van der Waals surface area contributed by atoms with Crippen LogP contribution in [0, 0.1) is 11.7 Å². The summed E-state index contributed by atoms with van der Waals surface area (Å²) in [7, 11) is -2.29. The van der Waals surface area contributed by atoms with Crippen LogP contribution in [-0.4, -0.2) is 67.5 Å². The third kappa shape index (κ3) is 5.14. The molecular formula is C22H26BrFN2O5S. The lowest BCUT2D eigenvalue weighted by Gasteiger charge is -2.37. The van der Waals surface area contributed by atoms with Crippen molar-refractivity contribution in [2.45, 2.75) is 30.9 Å². The maximum absolute atomic E-state index is 13.3. The molecule has 2 aromatic carbocycles. The number of sulfonamides is 1. The van der Waals surface area contributed by atoms with E-state index < -0.39 is 28.0 Å². The van der Waals surface area contributed by atoms with Crippen molar-refractivity contribution in [2.75, 3.05) is 26.7 Å². The van der Waals surface area contributed by atoms with Gasteiger partial charge >= 0.3 is 0 Å². The van der Waals surface area contributed by atoms with Crippen molar-refractivity contribution in [2.24, 2.45) is 5.92 Å². The minimum Gasteiger partial charge on any atom is -0.487 e. The smallest absolute Gasteiger partial charge is 0.253 e. The van der Waals surface area contributed by atoms with Gasteiger partial charge < -0.3 is 14.7 Å². The Morgan fingerprint density at radius 2 is 1.97 bits per heavy atom. The number of hydrogen-bond donors (Lipinski definition) is 1. The van der Waals surface area contributed by atoms with E-state index in [2.05, 4.69) is 15.9 Å². The molecule has 0 bridgehead atoms. The number of carbonyl (C=O) groups is 1. The SMILES string of the molecule is C[C@@H]1CN([C@@H](C)CO)S(=O)(=O)c2ccc(Br)cc2O[C@@H]1CN(C)C(=O)c1ccc(F)cc1. The fourth-order valence-electron chi connectivity index (χ4n) is 3.58. The standard InChI is InChI=1S/C22H26BrFN2O5S/c1-14-11-26(15(2)13-27)32(29,30)21-9-6-17(23)10-19(21)31-20(14)12-25(3)22(28)16-4-7-18(24)8-5-16/h4-10,14-15,20,27H,11-13H2,1-3H3/t14-,15+,20-/m1/s1. The molecule has 0 saturated heterocycles. The monoisotopic (exact) mass is 528 g/mol. The molecule has 2 aromatic rings. The highest BCUT2D eigenvalue weighted by Crippen LogP contribution is 2.35. The first-order valence-electron chi connectivity index (χ1n) is 10.1. The fraction of sp³-hybridized carbons (Fsp3) is 0.409. The molecule has 1 heterocycles. The summed E-state index contributed by atoms with van der Waals surface area (Å²) < 4.78 is 47.9. The molecule has 0 fully saturated rings. The number of ether oxygens (including phenoxy) is 1. The first-order chi connectivity index (χ1) is 15.0. The van der Waals surface area contributed by atoms with E-state index in [0.29, 0.717) is 10.0 Å². The van der Waals surface area contributed by atoms with E-state index in [9.17, 15) is 22.7 Å². The number of nitrogens with zero attached hydrogens (tertiary/aromatic N) is 2. The molecule has 1 aliphatic rings. The Balaban J connectivity index is 1.95. The lowest BCUT2D eigenvalue weighted by atomic mass is 10.0. The number of likely N-dealkylation sites (N-methyl/N-ethyl adjacent to an activating group) is 1. The van der Waals surface area contributed by atoms with Crippen LogP contribution in [0.4, 0.5) is 4.39 Å². The van der Waals surface area contributed by atoms with E-state index >= 15 is 0 Å². The maximum atomic E-state index is 13.3. The third-order valence-electron chi connectivity index (χ3n) is 5.52. The summed E-state index contributed by atoms with van der Waals surface area (Å²) in [5.41, 5.74) is 0.341. The third-order valence-corrected chi connectivity index (χ3v) is 8.03. The Morgan fingerprint density at radius 1 is 1.31 bits per heavy atom. The van der Waals surface area contributed by atoms with E-state index in [0.717, 1.165) is 0 Å². The van der Waals surface area contributed by atoms with Crippen molar-refractivity contribution in [1.82, 2.24) is 9.21 Å². The molecular weight excluding hydrogens is 503 g/mol. The van der Waals surface area contributed by atoms with Crippen molar-refractivity contribution in [3.05, 3.63) is 58.3 Å². The summed E-state index contributed by atoms with van der Waals surface area (Å²) in [6.45, 7) is 3.46. The number of rotatable bonds is 5. The van der Waals surface area contributed by atoms with Gasteiger partial charge in [0.05, 0.1) is 13.2 Å². The predicted molar refractivity (Wildman–Crippen MR) is 122 cm³/mol. The van der Waals surface area contributed by atoms with Crippen LogP contribution in [0.15, 0.2) is 51.8 Å². The topological polar surface area (TPSA) is 87.2 Å².